The Morgan fingerprint density at radius 2 is 1.77 bits per heavy atom. The van der Waals surface area contributed by atoms with Crippen LogP contribution in [0.15, 0.2) is 48.5 Å². The number of imide groups is 1. The summed E-state index contributed by atoms with van der Waals surface area (Å²) in [5.74, 6) is -1.37. The van der Waals surface area contributed by atoms with Gasteiger partial charge in [0.05, 0.1) is 35.9 Å². The van der Waals surface area contributed by atoms with Gasteiger partial charge in [-0.05, 0) is 30.2 Å². The summed E-state index contributed by atoms with van der Waals surface area (Å²) in [4.78, 5) is 38.3. The summed E-state index contributed by atoms with van der Waals surface area (Å²) in [5.41, 5.74) is 1.55. The molecule has 0 aliphatic carbocycles. The van der Waals surface area contributed by atoms with Gasteiger partial charge in [-0.15, -0.1) is 0 Å². The molecule has 6 heteroatoms. The van der Waals surface area contributed by atoms with Crippen molar-refractivity contribution in [2.24, 2.45) is 0 Å². The number of nitrogens with zero attached hydrogens (tertiary/aromatic N) is 2. The zero-order valence-corrected chi connectivity index (χ0v) is 14.0. The van der Waals surface area contributed by atoms with E-state index >= 15 is 0 Å². The number of esters is 1. The van der Waals surface area contributed by atoms with E-state index in [2.05, 4.69) is 0 Å². The van der Waals surface area contributed by atoms with Gasteiger partial charge >= 0.3 is 5.97 Å². The third-order valence-corrected chi connectivity index (χ3v) is 4.06. The van der Waals surface area contributed by atoms with E-state index in [-0.39, 0.29) is 35.7 Å². The van der Waals surface area contributed by atoms with Crippen LogP contribution in [0.25, 0.3) is 0 Å². The molecule has 2 amide bonds. The second-order valence-corrected chi connectivity index (χ2v) is 5.84. The van der Waals surface area contributed by atoms with Gasteiger partial charge < -0.3 is 4.74 Å². The minimum Gasteiger partial charge on any atom is -0.462 e. The second kappa shape index (κ2) is 7.62. The first-order valence-corrected chi connectivity index (χ1v) is 8.20. The maximum absolute atomic E-state index is 12.6. The lowest BCUT2D eigenvalue weighted by Gasteiger charge is -2.13. The molecule has 26 heavy (non-hydrogen) atoms. The van der Waals surface area contributed by atoms with Crippen molar-refractivity contribution < 1.29 is 19.1 Å². The van der Waals surface area contributed by atoms with Crippen molar-refractivity contribution in [1.29, 1.82) is 5.26 Å². The summed E-state index contributed by atoms with van der Waals surface area (Å²) >= 11 is 0. The number of carbonyl (C=O) groups is 3. The molecule has 0 unspecified atom stereocenters. The maximum Gasteiger partial charge on any atom is 0.338 e. The van der Waals surface area contributed by atoms with Crippen LogP contribution in [-0.4, -0.2) is 29.3 Å². The van der Waals surface area contributed by atoms with E-state index in [4.69, 9.17) is 10.00 Å². The molecule has 0 saturated heterocycles. The largest absolute Gasteiger partial charge is 0.462 e. The molecule has 2 aromatic carbocycles. The van der Waals surface area contributed by atoms with Gasteiger partial charge in [0.25, 0.3) is 11.8 Å². The fourth-order valence-electron chi connectivity index (χ4n) is 2.73. The Kier molecular flexibility index (Phi) is 5.09. The predicted octanol–water partition coefficient (Wildman–Crippen LogP) is 2.94. The number of benzene rings is 2. The summed E-state index contributed by atoms with van der Waals surface area (Å²) in [7, 11) is 0. The zero-order chi connectivity index (χ0) is 18.5. The van der Waals surface area contributed by atoms with Gasteiger partial charge in [0.15, 0.2) is 0 Å². The lowest BCUT2D eigenvalue weighted by molar-refractivity contribution is 0.0501. The van der Waals surface area contributed by atoms with Crippen molar-refractivity contribution in [2.45, 2.75) is 19.4 Å². The molecule has 3 rings (SSSR count). The molecular formula is C20H16N2O4. The number of hydrogen-bond acceptors (Lipinski definition) is 5. The van der Waals surface area contributed by atoms with Gasteiger partial charge in [-0.25, -0.2) is 4.79 Å². The topological polar surface area (TPSA) is 87.5 Å². The van der Waals surface area contributed by atoms with Crippen LogP contribution in [0, 0.1) is 11.3 Å². The molecule has 1 heterocycles. The lowest BCUT2D eigenvalue weighted by atomic mass is 10.1. The molecule has 0 saturated carbocycles. The number of amides is 2. The molecule has 2 aromatic rings. The van der Waals surface area contributed by atoms with E-state index in [1.54, 1.807) is 0 Å². The third-order valence-electron chi connectivity index (χ3n) is 4.06. The molecule has 0 fully saturated rings. The van der Waals surface area contributed by atoms with E-state index in [0.29, 0.717) is 12.8 Å². The summed E-state index contributed by atoms with van der Waals surface area (Å²) in [5, 5.41) is 8.47. The van der Waals surface area contributed by atoms with E-state index in [1.165, 1.54) is 23.1 Å². The molecule has 6 nitrogen and oxygen atoms in total. The number of fused-ring (bicyclic) bond motifs is 1. The average Bonchev–Trinajstić information content (AvgIpc) is 2.90. The Hall–Kier alpha value is -3.46. The Labute approximate surface area is 150 Å². The van der Waals surface area contributed by atoms with Gasteiger partial charge in [-0.3, -0.25) is 14.5 Å². The lowest BCUT2D eigenvalue weighted by Crippen LogP contribution is -2.29. The van der Waals surface area contributed by atoms with Crippen molar-refractivity contribution >= 4 is 17.8 Å². The van der Waals surface area contributed by atoms with E-state index in [0.717, 1.165) is 5.56 Å². The summed E-state index contributed by atoms with van der Waals surface area (Å²) in [6.45, 7) is 0.317. The van der Waals surface area contributed by atoms with Crippen LogP contribution in [-0.2, 0) is 11.3 Å². The predicted molar refractivity (Wildman–Crippen MR) is 92.2 cm³/mol. The highest BCUT2D eigenvalue weighted by molar-refractivity contribution is 6.21. The van der Waals surface area contributed by atoms with Crippen LogP contribution in [0.1, 0.15) is 49.5 Å². The maximum atomic E-state index is 12.6. The Bertz CT molecular complexity index is 900. The highest BCUT2D eigenvalue weighted by Crippen LogP contribution is 2.26. The van der Waals surface area contributed by atoms with Crippen molar-refractivity contribution in [3.05, 3.63) is 70.8 Å². The number of ether oxygens (including phenoxy) is 1. The molecule has 1 aliphatic rings. The van der Waals surface area contributed by atoms with Crippen LogP contribution in [0.2, 0.25) is 0 Å². The molecule has 0 atom stereocenters. The van der Waals surface area contributed by atoms with Crippen LogP contribution < -0.4 is 0 Å². The van der Waals surface area contributed by atoms with E-state index in [9.17, 15) is 14.4 Å². The summed E-state index contributed by atoms with van der Waals surface area (Å²) < 4.78 is 5.07. The van der Waals surface area contributed by atoms with Crippen molar-refractivity contribution in [1.82, 2.24) is 4.90 Å². The average molecular weight is 348 g/mol. The number of nitriles is 1. The van der Waals surface area contributed by atoms with Crippen LogP contribution in [0.5, 0.6) is 0 Å². The molecule has 0 spiro atoms. The molecule has 130 valence electrons. The first kappa shape index (κ1) is 17.4. The zero-order valence-electron chi connectivity index (χ0n) is 14.0. The van der Waals surface area contributed by atoms with Crippen LogP contribution in [0.4, 0.5) is 0 Å². The molecule has 0 radical (unpaired) electrons. The van der Waals surface area contributed by atoms with Gasteiger partial charge in [0.1, 0.15) is 0 Å². The standard InChI is InChI=1S/C20H16N2O4/c21-10-4-5-11-26-20(25)15-8-9-16-17(12-15)19(24)22(18(16)23)13-14-6-2-1-3-7-14/h1-3,6-9,12H,4-5,11,13H2. The number of carbonyl (C=O) groups excluding carboxylic acids is 3. The number of hydrogen-bond donors (Lipinski definition) is 0. The minimum absolute atomic E-state index is 0.135. The number of rotatable bonds is 6. The molecule has 0 bridgehead atoms. The normalized spacial score (nSPS) is 12.7. The van der Waals surface area contributed by atoms with Gasteiger partial charge in [-0.2, -0.15) is 5.26 Å². The first-order chi connectivity index (χ1) is 12.6. The van der Waals surface area contributed by atoms with Gasteiger partial charge in [-0.1, -0.05) is 30.3 Å². The van der Waals surface area contributed by atoms with Crippen LogP contribution in [0.3, 0.4) is 0 Å². The monoisotopic (exact) mass is 348 g/mol. The van der Waals surface area contributed by atoms with E-state index < -0.39 is 11.9 Å². The Balaban J connectivity index is 1.75. The Morgan fingerprint density at radius 1 is 1.04 bits per heavy atom. The van der Waals surface area contributed by atoms with Crippen LogP contribution >= 0.6 is 0 Å². The summed E-state index contributed by atoms with van der Waals surface area (Å²) in [6.07, 6.45) is 0.758. The van der Waals surface area contributed by atoms with Gasteiger partial charge in [0.2, 0.25) is 0 Å². The molecule has 0 aromatic heterocycles. The van der Waals surface area contributed by atoms with Crippen molar-refractivity contribution in [2.75, 3.05) is 6.61 Å². The SMILES string of the molecule is N#CCCCOC(=O)c1ccc2c(c1)C(=O)N(Cc1ccccc1)C2=O. The fraction of sp³-hybridized carbons (Fsp3) is 0.200. The number of unbranched alkanes of at least 4 members (excludes halogenated alkanes) is 1. The highest BCUT2D eigenvalue weighted by Gasteiger charge is 2.36. The van der Waals surface area contributed by atoms with Gasteiger partial charge in [0, 0.05) is 6.42 Å². The minimum atomic E-state index is -0.576. The van der Waals surface area contributed by atoms with Crippen molar-refractivity contribution in [3.8, 4) is 6.07 Å². The fourth-order valence-corrected chi connectivity index (χ4v) is 2.73. The second-order valence-electron chi connectivity index (χ2n) is 5.84. The first-order valence-electron chi connectivity index (χ1n) is 8.20. The smallest absolute Gasteiger partial charge is 0.338 e. The highest BCUT2D eigenvalue weighted by atomic mass is 16.5. The van der Waals surface area contributed by atoms with E-state index in [1.807, 2.05) is 36.4 Å². The summed E-state index contributed by atoms with van der Waals surface area (Å²) in [6, 6.07) is 15.5. The molecular weight excluding hydrogens is 332 g/mol. The quantitative estimate of drug-likeness (QED) is 0.455. The Morgan fingerprint density at radius 3 is 2.50 bits per heavy atom. The third kappa shape index (κ3) is 3.47. The van der Waals surface area contributed by atoms with Crippen molar-refractivity contribution in [3.63, 3.8) is 0 Å². The molecule has 1 aliphatic heterocycles. The molecule has 0 N–H and O–H groups in total.